The van der Waals surface area contributed by atoms with Gasteiger partial charge >= 0.3 is 5.97 Å². The monoisotopic (exact) mass is 260 g/mol. The summed E-state index contributed by atoms with van der Waals surface area (Å²) in [5.41, 5.74) is -1.18. The van der Waals surface area contributed by atoms with E-state index in [-0.39, 0.29) is 12.5 Å². The molecule has 0 aromatic rings. The minimum atomic E-state index is -1.18. The zero-order chi connectivity index (χ0) is 13.4. The molecule has 0 aromatic carbocycles. The van der Waals surface area contributed by atoms with E-state index in [1.165, 1.54) is 0 Å². The molecular formula is C11H20N2O5. The van der Waals surface area contributed by atoms with Gasteiger partial charge in [-0.25, -0.2) is 4.79 Å². The number of hydrogen-bond donors (Lipinski definition) is 3. The molecule has 0 radical (unpaired) electrons. The van der Waals surface area contributed by atoms with Gasteiger partial charge < -0.3 is 25.2 Å². The maximum absolute atomic E-state index is 11.7. The van der Waals surface area contributed by atoms with Gasteiger partial charge in [0.2, 0.25) is 5.91 Å². The second-order valence-electron chi connectivity index (χ2n) is 4.22. The molecule has 0 unspecified atom stereocenters. The third-order valence-corrected chi connectivity index (χ3v) is 2.90. The van der Waals surface area contributed by atoms with Crippen LogP contribution < -0.4 is 10.6 Å². The molecule has 0 atom stereocenters. The Labute approximate surface area is 106 Å². The van der Waals surface area contributed by atoms with E-state index in [1.807, 2.05) is 0 Å². The Morgan fingerprint density at radius 1 is 1.39 bits per heavy atom. The summed E-state index contributed by atoms with van der Waals surface area (Å²) in [5.74, 6) is -1.33. The van der Waals surface area contributed by atoms with Crippen molar-refractivity contribution in [3.8, 4) is 0 Å². The molecule has 7 heteroatoms. The minimum Gasteiger partial charge on any atom is -0.480 e. The van der Waals surface area contributed by atoms with Gasteiger partial charge in [0.05, 0.1) is 13.2 Å². The summed E-state index contributed by atoms with van der Waals surface area (Å²) in [6.07, 6.45) is 0.596. The summed E-state index contributed by atoms with van der Waals surface area (Å²) in [6, 6.07) is 0. The van der Waals surface area contributed by atoms with Gasteiger partial charge in [-0.15, -0.1) is 0 Å². The Hall–Kier alpha value is -1.18. The van der Waals surface area contributed by atoms with Gasteiger partial charge in [-0.2, -0.15) is 0 Å². The van der Waals surface area contributed by atoms with E-state index in [9.17, 15) is 14.7 Å². The number of carboxylic acid groups (broad SMARTS) is 1. The number of nitrogens with one attached hydrogen (secondary N) is 2. The number of ether oxygens (including phenoxy) is 2. The van der Waals surface area contributed by atoms with Crippen molar-refractivity contribution in [3.63, 3.8) is 0 Å². The molecule has 7 nitrogen and oxygen atoms in total. The molecule has 3 N–H and O–H groups in total. The molecule has 1 aliphatic rings. The Morgan fingerprint density at radius 2 is 2.06 bits per heavy atom. The molecule has 1 fully saturated rings. The summed E-state index contributed by atoms with van der Waals surface area (Å²) in [4.78, 5) is 22.9. The highest BCUT2D eigenvalue weighted by Crippen LogP contribution is 2.20. The smallest absolute Gasteiger partial charge is 0.329 e. The second-order valence-corrected chi connectivity index (χ2v) is 4.22. The van der Waals surface area contributed by atoms with Crippen molar-refractivity contribution >= 4 is 11.9 Å². The lowest BCUT2D eigenvalue weighted by Crippen LogP contribution is -2.58. The van der Waals surface area contributed by atoms with Crippen molar-refractivity contribution in [3.05, 3.63) is 0 Å². The molecule has 1 heterocycles. The van der Waals surface area contributed by atoms with E-state index < -0.39 is 11.5 Å². The highest BCUT2D eigenvalue weighted by Gasteiger charge is 2.41. The highest BCUT2D eigenvalue weighted by atomic mass is 16.5. The second kappa shape index (κ2) is 7.30. The first-order valence-corrected chi connectivity index (χ1v) is 5.92. The molecule has 0 aliphatic carbocycles. The zero-order valence-corrected chi connectivity index (χ0v) is 10.5. The SMILES string of the molecule is COCCNCC(=O)NC1(C(=O)O)CCOCC1. The number of methoxy groups -OCH3 is 1. The first kappa shape index (κ1) is 14.9. The van der Waals surface area contributed by atoms with Crippen LogP contribution in [-0.2, 0) is 19.1 Å². The lowest BCUT2D eigenvalue weighted by Gasteiger charge is -2.33. The van der Waals surface area contributed by atoms with Crippen molar-refractivity contribution in [2.45, 2.75) is 18.4 Å². The van der Waals surface area contributed by atoms with Crippen LogP contribution in [0.1, 0.15) is 12.8 Å². The minimum absolute atomic E-state index is 0.0826. The van der Waals surface area contributed by atoms with E-state index in [2.05, 4.69) is 10.6 Å². The van der Waals surface area contributed by atoms with E-state index in [0.29, 0.717) is 39.2 Å². The van der Waals surface area contributed by atoms with Crippen LogP contribution in [-0.4, -0.2) is 62.5 Å². The quantitative estimate of drug-likeness (QED) is 0.507. The third kappa shape index (κ3) is 4.25. The van der Waals surface area contributed by atoms with E-state index in [4.69, 9.17) is 9.47 Å². The number of aliphatic carboxylic acids is 1. The van der Waals surface area contributed by atoms with Crippen LogP contribution in [0.5, 0.6) is 0 Å². The molecule has 0 bridgehead atoms. The summed E-state index contributed by atoms with van der Waals surface area (Å²) < 4.78 is 9.95. The van der Waals surface area contributed by atoms with E-state index in [1.54, 1.807) is 7.11 Å². The maximum Gasteiger partial charge on any atom is 0.329 e. The van der Waals surface area contributed by atoms with Gasteiger partial charge in [-0.1, -0.05) is 0 Å². The highest BCUT2D eigenvalue weighted by molar-refractivity contribution is 5.88. The summed E-state index contributed by atoms with van der Waals surface area (Å²) >= 11 is 0. The molecule has 104 valence electrons. The fraction of sp³-hybridized carbons (Fsp3) is 0.818. The van der Waals surface area contributed by atoms with Gasteiger partial charge in [0, 0.05) is 39.7 Å². The third-order valence-electron chi connectivity index (χ3n) is 2.90. The van der Waals surface area contributed by atoms with Crippen molar-refractivity contribution in [2.24, 2.45) is 0 Å². The predicted octanol–water partition coefficient (Wildman–Crippen LogP) is -1.03. The largest absolute Gasteiger partial charge is 0.480 e. The first-order chi connectivity index (χ1) is 8.60. The van der Waals surface area contributed by atoms with Crippen LogP contribution in [0.25, 0.3) is 0 Å². The Morgan fingerprint density at radius 3 is 2.61 bits per heavy atom. The summed E-state index contributed by atoms with van der Waals surface area (Å²) in [7, 11) is 1.57. The molecule has 1 amide bonds. The average molecular weight is 260 g/mol. The molecule has 0 aromatic heterocycles. The lowest BCUT2D eigenvalue weighted by atomic mass is 9.90. The summed E-state index contributed by atoms with van der Waals surface area (Å²) in [6.45, 7) is 1.84. The fourth-order valence-electron chi connectivity index (χ4n) is 1.80. The van der Waals surface area contributed by atoms with Crippen LogP contribution in [0.15, 0.2) is 0 Å². The van der Waals surface area contributed by atoms with Crippen LogP contribution >= 0.6 is 0 Å². The zero-order valence-electron chi connectivity index (χ0n) is 10.5. The number of carbonyl (C=O) groups is 2. The molecular weight excluding hydrogens is 240 g/mol. The Bertz CT molecular complexity index is 289. The van der Waals surface area contributed by atoms with Crippen molar-refractivity contribution < 1.29 is 24.2 Å². The first-order valence-electron chi connectivity index (χ1n) is 5.92. The predicted molar refractivity (Wildman–Crippen MR) is 63.3 cm³/mol. The van der Waals surface area contributed by atoms with Crippen LogP contribution in [0.2, 0.25) is 0 Å². The van der Waals surface area contributed by atoms with Crippen molar-refractivity contribution in [1.29, 1.82) is 0 Å². The van der Waals surface area contributed by atoms with Crippen molar-refractivity contribution in [2.75, 3.05) is 40.0 Å². The maximum atomic E-state index is 11.7. The number of carbonyl (C=O) groups excluding carboxylic acids is 1. The fourth-order valence-corrected chi connectivity index (χ4v) is 1.80. The summed E-state index contributed by atoms with van der Waals surface area (Å²) in [5, 5.41) is 14.7. The topological polar surface area (TPSA) is 96.9 Å². The van der Waals surface area contributed by atoms with E-state index >= 15 is 0 Å². The van der Waals surface area contributed by atoms with Crippen LogP contribution in [0, 0.1) is 0 Å². The molecule has 1 saturated heterocycles. The Balaban J connectivity index is 2.41. The normalized spacial score (nSPS) is 18.3. The number of hydrogen-bond acceptors (Lipinski definition) is 5. The molecule has 1 aliphatic heterocycles. The van der Waals surface area contributed by atoms with Gasteiger partial charge in [-0.3, -0.25) is 4.79 Å². The van der Waals surface area contributed by atoms with E-state index in [0.717, 1.165) is 0 Å². The number of carboxylic acids is 1. The average Bonchev–Trinajstić information content (AvgIpc) is 2.35. The van der Waals surface area contributed by atoms with Gasteiger partial charge in [-0.05, 0) is 0 Å². The molecule has 0 saturated carbocycles. The van der Waals surface area contributed by atoms with Gasteiger partial charge in [0.15, 0.2) is 0 Å². The lowest BCUT2D eigenvalue weighted by molar-refractivity contribution is -0.152. The Kier molecular flexibility index (Phi) is 6.03. The van der Waals surface area contributed by atoms with Gasteiger partial charge in [0.1, 0.15) is 5.54 Å². The van der Waals surface area contributed by atoms with Gasteiger partial charge in [0.25, 0.3) is 0 Å². The molecule has 0 spiro atoms. The van der Waals surface area contributed by atoms with Crippen LogP contribution in [0.3, 0.4) is 0 Å². The number of amides is 1. The molecule has 18 heavy (non-hydrogen) atoms. The molecule has 1 rings (SSSR count). The number of rotatable bonds is 7. The van der Waals surface area contributed by atoms with Crippen molar-refractivity contribution in [1.82, 2.24) is 10.6 Å². The standard InChI is InChI=1S/C11H20N2O5/c1-17-7-4-12-8-9(14)13-11(10(15)16)2-5-18-6-3-11/h12H,2-8H2,1H3,(H,13,14)(H,15,16). The van der Waals surface area contributed by atoms with Crippen LogP contribution in [0.4, 0.5) is 0 Å².